The first-order valence-electron chi connectivity index (χ1n) is 10.0. The zero-order valence-corrected chi connectivity index (χ0v) is 17.5. The zero-order chi connectivity index (χ0) is 23.0. The maximum absolute atomic E-state index is 13.5. The molecule has 0 spiro atoms. The van der Waals surface area contributed by atoms with Gasteiger partial charge < -0.3 is 5.32 Å². The number of benzene rings is 2. The van der Waals surface area contributed by atoms with E-state index in [0.717, 1.165) is 28.2 Å². The van der Waals surface area contributed by atoms with Crippen LogP contribution in [0.3, 0.4) is 0 Å². The summed E-state index contributed by atoms with van der Waals surface area (Å²) in [5, 5.41) is 2.89. The summed E-state index contributed by atoms with van der Waals surface area (Å²) in [4.78, 5) is 27.7. The van der Waals surface area contributed by atoms with E-state index in [1.165, 1.54) is 12.1 Å². The molecule has 2 aromatic carbocycles. The SMILES string of the molecule is Cc1cccc(C)c1NC(=O)C1c2cccc[n+]2CC(=O)N1c1cccc(C(F)(F)F)c1. The molecule has 1 aromatic heterocycles. The number of hydrogen-bond acceptors (Lipinski definition) is 2. The minimum Gasteiger partial charge on any atom is -0.323 e. The van der Waals surface area contributed by atoms with Crippen LogP contribution in [0.25, 0.3) is 0 Å². The Morgan fingerprint density at radius 3 is 2.41 bits per heavy atom. The van der Waals surface area contributed by atoms with Gasteiger partial charge in [0.1, 0.15) is 0 Å². The molecule has 0 aliphatic carbocycles. The third kappa shape index (κ3) is 3.95. The van der Waals surface area contributed by atoms with Crippen LogP contribution in [0, 0.1) is 13.8 Å². The van der Waals surface area contributed by atoms with Crippen LogP contribution in [0.5, 0.6) is 0 Å². The summed E-state index contributed by atoms with van der Waals surface area (Å²) in [6.07, 6.45) is -2.90. The fraction of sp³-hybridized carbons (Fsp3) is 0.208. The van der Waals surface area contributed by atoms with Crippen molar-refractivity contribution in [3.8, 4) is 0 Å². The zero-order valence-electron chi connectivity index (χ0n) is 17.5. The van der Waals surface area contributed by atoms with Crippen LogP contribution in [0.1, 0.15) is 28.4 Å². The maximum atomic E-state index is 13.5. The number of amides is 2. The van der Waals surface area contributed by atoms with Crippen LogP contribution in [0.4, 0.5) is 24.5 Å². The maximum Gasteiger partial charge on any atom is 0.416 e. The van der Waals surface area contributed by atoms with E-state index in [0.29, 0.717) is 11.4 Å². The highest BCUT2D eigenvalue weighted by atomic mass is 19.4. The van der Waals surface area contributed by atoms with Gasteiger partial charge >= 0.3 is 6.18 Å². The summed E-state index contributed by atoms with van der Waals surface area (Å²) < 4.78 is 41.6. The van der Waals surface area contributed by atoms with Crippen LogP contribution in [0.2, 0.25) is 0 Å². The summed E-state index contributed by atoms with van der Waals surface area (Å²) in [5.74, 6) is -0.984. The summed E-state index contributed by atoms with van der Waals surface area (Å²) in [5.41, 5.74) is 1.93. The number of fused-ring (bicyclic) bond motifs is 1. The molecule has 2 amide bonds. The molecule has 1 unspecified atom stereocenters. The molecule has 1 aliphatic rings. The Bertz CT molecular complexity index is 1190. The fourth-order valence-electron chi connectivity index (χ4n) is 3.96. The minimum absolute atomic E-state index is 0.0154. The van der Waals surface area contributed by atoms with Gasteiger partial charge in [0.15, 0.2) is 6.20 Å². The lowest BCUT2D eigenvalue weighted by molar-refractivity contribution is -0.695. The van der Waals surface area contributed by atoms with Gasteiger partial charge in [0, 0.05) is 23.5 Å². The molecule has 1 atom stereocenters. The molecule has 5 nitrogen and oxygen atoms in total. The molecule has 0 saturated heterocycles. The lowest BCUT2D eigenvalue weighted by atomic mass is 10.0. The molecule has 32 heavy (non-hydrogen) atoms. The molecule has 3 aromatic rings. The minimum atomic E-state index is -4.57. The molecule has 0 saturated carbocycles. The number of aromatic nitrogens is 1. The standard InChI is InChI=1S/C24H20F3N3O2/c1-15-7-5-8-16(2)21(15)28-23(32)22-19-11-3-4-12-29(19)14-20(31)30(22)18-10-6-9-17(13-18)24(25,26)27/h3-13,22H,14H2,1-2H3/p+1. The van der Waals surface area contributed by atoms with Gasteiger partial charge in [0.2, 0.25) is 18.3 Å². The van der Waals surface area contributed by atoms with Crippen molar-refractivity contribution in [1.82, 2.24) is 0 Å². The molecule has 4 rings (SSSR count). The summed E-state index contributed by atoms with van der Waals surface area (Å²) >= 11 is 0. The van der Waals surface area contributed by atoms with E-state index in [-0.39, 0.29) is 12.2 Å². The summed E-state index contributed by atoms with van der Waals surface area (Å²) in [6, 6.07) is 14.1. The number of hydrogen-bond donors (Lipinski definition) is 1. The highest BCUT2D eigenvalue weighted by Gasteiger charge is 2.44. The number of rotatable bonds is 3. The highest BCUT2D eigenvalue weighted by Crippen LogP contribution is 2.35. The molecule has 2 heterocycles. The topological polar surface area (TPSA) is 53.3 Å². The van der Waals surface area contributed by atoms with Crippen molar-refractivity contribution < 1.29 is 27.3 Å². The number of anilines is 2. The predicted octanol–water partition coefficient (Wildman–Crippen LogP) is 4.34. The molecule has 0 radical (unpaired) electrons. The second-order valence-electron chi connectivity index (χ2n) is 7.72. The average molecular weight is 440 g/mol. The van der Waals surface area contributed by atoms with Crippen molar-refractivity contribution in [3.05, 3.63) is 89.2 Å². The summed E-state index contributed by atoms with van der Waals surface area (Å²) in [6.45, 7) is 3.61. The van der Waals surface area contributed by atoms with Crippen molar-refractivity contribution >= 4 is 23.2 Å². The smallest absolute Gasteiger partial charge is 0.323 e. The fourth-order valence-corrected chi connectivity index (χ4v) is 3.96. The van der Waals surface area contributed by atoms with E-state index in [1.54, 1.807) is 29.0 Å². The third-order valence-electron chi connectivity index (χ3n) is 5.52. The number of halogens is 3. The molecule has 1 aliphatic heterocycles. The molecule has 0 fully saturated rings. The second-order valence-corrected chi connectivity index (χ2v) is 7.72. The van der Waals surface area contributed by atoms with Gasteiger partial charge in [0.05, 0.1) is 5.56 Å². The number of aryl methyl sites for hydroxylation is 2. The first kappa shape index (κ1) is 21.5. The lowest BCUT2D eigenvalue weighted by Crippen LogP contribution is -2.58. The van der Waals surface area contributed by atoms with Crippen LogP contribution in [-0.4, -0.2) is 11.8 Å². The number of pyridine rings is 1. The van der Waals surface area contributed by atoms with Crippen molar-refractivity contribution in [3.63, 3.8) is 0 Å². The van der Waals surface area contributed by atoms with E-state index < -0.39 is 29.6 Å². The molecular weight excluding hydrogens is 419 g/mol. The number of carbonyl (C=O) groups excluding carboxylic acids is 2. The van der Waals surface area contributed by atoms with Crippen molar-refractivity contribution in [2.45, 2.75) is 32.6 Å². The Labute approximate surface area is 183 Å². The van der Waals surface area contributed by atoms with Gasteiger partial charge in [-0.05, 0) is 43.2 Å². The Morgan fingerprint density at radius 1 is 1.03 bits per heavy atom. The monoisotopic (exact) mass is 440 g/mol. The first-order chi connectivity index (χ1) is 15.2. The first-order valence-corrected chi connectivity index (χ1v) is 10.0. The quantitative estimate of drug-likeness (QED) is 0.617. The van der Waals surface area contributed by atoms with Gasteiger partial charge in [-0.15, -0.1) is 0 Å². The van der Waals surface area contributed by atoms with E-state index in [1.807, 2.05) is 32.0 Å². The van der Waals surface area contributed by atoms with E-state index in [2.05, 4.69) is 5.32 Å². The highest BCUT2D eigenvalue weighted by molar-refractivity contribution is 6.05. The van der Waals surface area contributed by atoms with Gasteiger partial charge in [-0.25, -0.2) is 0 Å². The molecule has 164 valence electrons. The molecular formula is C24H21F3N3O2+. The largest absolute Gasteiger partial charge is 0.416 e. The number of carbonyl (C=O) groups is 2. The van der Waals surface area contributed by atoms with E-state index in [4.69, 9.17) is 0 Å². The van der Waals surface area contributed by atoms with Crippen molar-refractivity contribution in [2.24, 2.45) is 0 Å². The number of nitrogens with one attached hydrogen (secondary N) is 1. The van der Waals surface area contributed by atoms with Crippen LogP contribution < -0.4 is 14.8 Å². The van der Waals surface area contributed by atoms with E-state index >= 15 is 0 Å². The summed E-state index contributed by atoms with van der Waals surface area (Å²) in [7, 11) is 0. The van der Waals surface area contributed by atoms with Gasteiger partial charge in [-0.2, -0.15) is 17.7 Å². The van der Waals surface area contributed by atoms with Gasteiger partial charge in [-0.1, -0.05) is 30.3 Å². The molecule has 0 bridgehead atoms. The van der Waals surface area contributed by atoms with Crippen molar-refractivity contribution in [2.75, 3.05) is 10.2 Å². The number of alkyl halides is 3. The van der Waals surface area contributed by atoms with Gasteiger partial charge in [0.25, 0.3) is 11.8 Å². The Balaban J connectivity index is 1.82. The Kier molecular flexibility index (Phi) is 5.46. The number of nitrogens with zero attached hydrogens (tertiary/aromatic N) is 2. The predicted molar refractivity (Wildman–Crippen MR) is 113 cm³/mol. The normalized spacial score (nSPS) is 16.0. The second kappa shape index (κ2) is 8.11. The molecule has 1 N–H and O–H groups in total. The molecule has 8 heteroatoms. The average Bonchev–Trinajstić information content (AvgIpc) is 2.75. The van der Waals surface area contributed by atoms with Gasteiger partial charge in [-0.3, -0.25) is 14.5 Å². The number of para-hydroxylation sites is 1. The van der Waals surface area contributed by atoms with E-state index in [9.17, 15) is 22.8 Å². The van der Waals surface area contributed by atoms with Crippen LogP contribution in [-0.2, 0) is 22.3 Å². The van der Waals surface area contributed by atoms with Crippen LogP contribution in [0.15, 0.2) is 66.9 Å². The Hall–Kier alpha value is -3.68. The van der Waals surface area contributed by atoms with Crippen molar-refractivity contribution in [1.29, 1.82) is 0 Å². The van der Waals surface area contributed by atoms with Crippen LogP contribution >= 0.6 is 0 Å². The third-order valence-corrected chi connectivity index (χ3v) is 5.52. The lowest BCUT2D eigenvalue weighted by Gasteiger charge is -2.32. The Morgan fingerprint density at radius 2 is 1.72 bits per heavy atom.